The lowest BCUT2D eigenvalue weighted by molar-refractivity contribution is -0.137. The van der Waals surface area contributed by atoms with Crippen LogP contribution in [0.15, 0.2) is 42.6 Å². The van der Waals surface area contributed by atoms with Crippen molar-refractivity contribution in [3.8, 4) is 5.69 Å². The van der Waals surface area contributed by atoms with E-state index >= 15 is 0 Å². The van der Waals surface area contributed by atoms with Gasteiger partial charge in [-0.3, -0.25) is 9.59 Å². The Morgan fingerprint density at radius 1 is 1.09 bits per heavy atom. The number of hydrogen-bond acceptors (Lipinski definition) is 3. The molecule has 0 aliphatic rings. The molecule has 1 heterocycles. The van der Waals surface area contributed by atoms with Crippen LogP contribution < -0.4 is 5.32 Å². The first kappa shape index (κ1) is 15.8. The predicted octanol–water partition coefficient (Wildman–Crippen LogP) is 2.25. The van der Waals surface area contributed by atoms with Crippen LogP contribution in [0, 0.1) is 0 Å². The lowest BCUT2D eigenvalue weighted by Crippen LogP contribution is -2.25. The van der Waals surface area contributed by atoms with Gasteiger partial charge in [0.25, 0.3) is 5.91 Å². The number of amides is 1. The second kappa shape index (κ2) is 7.97. The van der Waals surface area contributed by atoms with Gasteiger partial charge in [0.15, 0.2) is 5.69 Å². The number of carboxylic acid groups (broad SMARTS) is 1. The largest absolute Gasteiger partial charge is 0.481 e. The molecule has 0 atom stereocenters. The molecule has 1 aromatic heterocycles. The fourth-order valence-electron chi connectivity index (χ4n) is 2.04. The lowest BCUT2D eigenvalue weighted by Gasteiger charge is -2.03. The Bertz CT molecular complexity index is 623. The van der Waals surface area contributed by atoms with Gasteiger partial charge < -0.3 is 10.4 Å². The number of nitrogens with zero attached hydrogens (tertiary/aromatic N) is 2. The monoisotopic (exact) mass is 301 g/mol. The first-order valence-corrected chi connectivity index (χ1v) is 7.28. The summed E-state index contributed by atoms with van der Waals surface area (Å²) in [7, 11) is 0. The first-order valence-electron chi connectivity index (χ1n) is 7.28. The summed E-state index contributed by atoms with van der Waals surface area (Å²) in [5, 5.41) is 15.6. The SMILES string of the molecule is O=C(O)CCCCCNC(=O)c1ccn(-c2ccccc2)n1. The zero-order valence-corrected chi connectivity index (χ0v) is 12.2. The average Bonchev–Trinajstić information content (AvgIpc) is 3.01. The standard InChI is InChI=1S/C16H19N3O3/c20-15(21)9-5-2-6-11-17-16(22)14-10-12-19(18-14)13-7-3-1-4-8-13/h1,3-4,7-8,10,12H,2,5-6,9,11H2,(H,17,22)(H,20,21). The molecule has 0 fully saturated rings. The van der Waals surface area contributed by atoms with E-state index < -0.39 is 5.97 Å². The van der Waals surface area contributed by atoms with Crippen molar-refractivity contribution in [3.63, 3.8) is 0 Å². The number of carboxylic acids is 1. The number of aliphatic carboxylic acids is 1. The van der Waals surface area contributed by atoms with Crippen LogP contribution in [0.3, 0.4) is 0 Å². The summed E-state index contributed by atoms with van der Waals surface area (Å²) in [6.07, 6.45) is 4.10. The molecule has 0 unspecified atom stereocenters. The first-order chi connectivity index (χ1) is 10.7. The maximum atomic E-state index is 11.9. The molecule has 0 aliphatic heterocycles. The Morgan fingerprint density at radius 3 is 2.59 bits per heavy atom. The van der Waals surface area contributed by atoms with Crippen molar-refractivity contribution in [2.75, 3.05) is 6.54 Å². The predicted molar refractivity (Wildman–Crippen MR) is 82.0 cm³/mol. The molecule has 0 saturated carbocycles. The topological polar surface area (TPSA) is 84.2 Å². The van der Waals surface area contributed by atoms with Crippen LogP contribution in [-0.2, 0) is 4.79 Å². The molecule has 0 bridgehead atoms. The summed E-state index contributed by atoms with van der Waals surface area (Å²) < 4.78 is 1.65. The molecule has 0 aliphatic carbocycles. The Morgan fingerprint density at radius 2 is 1.86 bits per heavy atom. The molecule has 2 rings (SSSR count). The van der Waals surface area contributed by atoms with E-state index in [-0.39, 0.29) is 12.3 Å². The van der Waals surface area contributed by atoms with Crippen LogP contribution in [0.4, 0.5) is 0 Å². The molecule has 1 amide bonds. The third-order valence-electron chi connectivity index (χ3n) is 3.20. The van der Waals surface area contributed by atoms with Crippen molar-refractivity contribution >= 4 is 11.9 Å². The highest BCUT2D eigenvalue weighted by Crippen LogP contribution is 2.07. The third-order valence-corrected chi connectivity index (χ3v) is 3.20. The summed E-state index contributed by atoms with van der Waals surface area (Å²) in [4.78, 5) is 22.3. The Balaban J connectivity index is 1.77. The molecule has 2 aromatic rings. The van der Waals surface area contributed by atoms with Crippen LogP contribution in [0.5, 0.6) is 0 Å². The van der Waals surface area contributed by atoms with E-state index in [0.717, 1.165) is 18.5 Å². The number of carbonyl (C=O) groups is 2. The van der Waals surface area contributed by atoms with Gasteiger partial charge in [-0.1, -0.05) is 24.6 Å². The highest BCUT2D eigenvalue weighted by atomic mass is 16.4. The molecule has 0 radical (unpaired) electrons. The van der Waals surface area contributed by atoms with E-state index in [9.17, 15) is 9.59 Å². The van der Waals surface area contributed by atoms with Crippen molar-refractivity contribution < 1.29 is 14.7 Å². The quantitative estimate of drug-likeness (QED) is 0.732. The summed E-state index contributed by atoms with van der Waals surface area (Å²) in [6.45, 7) is 0.524. The number of aromatic nitrogens is 2. The maximum Gasteiger partial charge on any atom is 0.303 e. The molecule has 116 valence electrons. The molecule has 0 spiro atoms. The Kier molecular flexibility index (Phi) is 5.71. The molecular formula is C16H19N3O3. The van der Waals surface area contributed by atoms with Gasteiger partial charge in [-0.25, -0.2) is 4.68 Å². The molecule has 2 N–H and O–H groups in total. The fourth-order valence-corrected chi connectivity index (χ4v) is 2.04. The molecule has 1 aromatic carbocycles. The number of para-hydroxylation sites is 1. The molecule has 6 nitrogen and oxygen atoms in total. The van der Waals surface area contributed by atoms with Crippen LogP contribution in [0.2, 0.25) is 0 Å². The maximum absolute atomic E-state index is 11.9. The van der Waals surface area contributed by atoms with Gasteiger partial charge in [-0.15, -0.1) is 0 Å². The van der Waals surface area contributed by atoms with Crippen molar-refractivity contribution in [1.29, 1.82) is 0 Å². The summed E-state index contributed by atoms with van der Waals surface area (Å²) in [6, 6.07) is 11.2. The summed E-state index contributed by atoms with van der Waals surface area (Å²) in [5.41, 5.74) is 1.27. The fraction of sp³-hybridized carbons (Fsp3) is 0.312. The lowest BCUT2D eigenvalue weighted by atomic mass is 10.2. The number of benzene rings is 1. The average molecular weight is 301 g/mol. The second-order valence-corrected chi connectivity index (χ2v) is 4.94. The Labute approximate surface area is 128 Å². The number of carbonyl (C=O) groups excluding carboxylic acids is 1. The minimum atomic E-state index is -0.782. The minimum Gasteiger partial charge on any atom is -0.481 e. The van der Waals surface area contributed by atoms with Gasteiger partial charge in [0.1, 0.15) is 0 Å². The Hall–Kier alpha value is -2.63. The normalized spacial score (nSPS) is 10.4. The van der Waals surface area contributed by atoms with E-state index in [0.29, 0.717) is 18.7 Å². The number of nitrogens with one attached hydrogen (secondary N) is 1. The van der Waals surface area contributed by atoms with Crippen molar-refractivity contribution in [2.45, 2.75) is 25.7 Å². The van der Waals surface area contributed by atoms with Gasteiger partial charge in [0.05, 0.1) is 5.69 Å². The number of rotatable bonds is 8. The molecule has 6 heteroatoms. The van der Waals surface area contributed by atoms with E-state index in [2.05, 4.69) is 10.4 Å². The second-order valence-electron chi connectivity index (χ2n) is 4.94. The molecular weight excluding hydrogens is 282 g/mol. The zero-order valence-electron chi connectivity index (χ0n) is 12.2. The van der Waals surface area contributed by atoms with Crippen LogP contribution in [0.25, 0.3) is 5.69 Å². The van der Waals surface area contributed by atoms with Gasteiger partial charge >= 0.3 is 5.97 Å². The van der Waals surface area contributed by atoms with Gasteiger partial charge in [-0.2, -0.15) is 5.10 Å². The van der Waals surface area contributed by atoms with Crippen LogP contribution in [-0.4, -0.2) is 33.3 Å². The number of unbranched alkanes of at least 4 members (excludes halogenated alkanes) is 2. The van der Waals surface area contributed by atoms with Crippen molar-refractivity contribution in [2.24, 2.45) is 0 Å². The minimum absolute atomic E-state index is 0.176. The number of hydrogen-bond donors (Lipinski definition) is 2. The van der Waals surface area contributed by atoms with Gasteiger partial charge in [0, 0.05) is 19.2 Å². The van der Waals surface area contributed by atoms with Crippen LogP contribution >= 0.6 is 0 Å². The van der Waals surface area contributed by atoms with Gasteiger partial charge in [0.2, 0.25) is 0 Å². The molecule has 22 heavy (non-hydrogen) atoms. The van der Waals surface area contributed by atoms with E-state index in [4.69, 9.17) is 5.11 Å². The van der Waals surface area contributed by atoms with E-state index in [1.807, 2.05) is 30.3 Å². The van der Waals surface area contributed by atoms with E-state index in [1.165, 1.54) is 0 Å². The van der Waals surface area contributed by atoms with E-state index in [1.54, 1.807) is 16.9 Å². The van der Waals surface area contributed by atoms with Crippen molar-refractivity contribution in [1.82, 2.24) is 15.1 Å². The highest BCUT2D eigenvalue weighted by Gasteiger charge is 2.09. The smallest absolute Gasteiger partial charge is 0.303 e. The van der Waals surface area contributed by atoms with Crippen molar-refractivity contribution in [3.05, 3.63) is 48.3 Å². The molecule has 0 saturated heterocycles. The summed E-state index contributed by atoms with van der Waals surface area (Å²) >= 11 is 0. The van der Waals surface area contributed by atoms with Crippen LogP contribution in [0.1, 0.15) is 36.2 Å². The third kappa shape index (κ3) is 4.73. The zero-order chi connectivity index (χ0) is 15.8. The van der Waals surface area contributed by atoms with Gasteiger partial charge in [-0.05, 0) is 31.0 Å². The highest BCUT2D eigenvalue weighted by molar-refractivity contribution is 5.92. The summed E-state index contributed by atoms with van der Waals surface area (Å²) in [5.74, 6) is -0.997.